The first-order chi connectivity index (χ1) is 12.2. The molecule has 0 saturated heterocycles. The lowest BCUT2D eigenvalue weighted by Gasteiger charge is -2.13. The highest BCUT2D eigenvalue weighted by Gasteiger charge is 2.28. The summed E-state index contributed by atoms with van der Waals surface area (Å²) in [7, 11) is 3.40. The molecule has 0 aromatic heterocycles. The first-order valence-electron chi connectivity index (χ1n) is 8.22. The minimum absolute atomic E-state index is 0. The summed E-state index contributed by atoms with van der Waals surface area (Å²) in [6, 6.07) is 6.28. The maximum Gasteiger partial charge on any atom is 0.422 e. The molecule has 0 aliphatic rings. The van der Waals surface area contributed by atoms with Crippen molar-refractivity contribution >= 4 is 35.8 Å². The van der Waals surface area contributed by atoms with Crippen LogP contribution in [0.5, 0.6) is 5.75 Å². The third kappa shape index (κ3) is 11.6. The summed E-state index contributed by atoms with van der Waals surface area (Å²) in [4.78, 5) is 17.5. The average Bonchev–Trinajstić information content (AvgIpc) is 2.57. The molecular weight excluding hydrogens is 476 g/mol. The lowest BCUT2D eigenvalue weighted by molar-refractivity contribution is -0.153. The van der Waals surface area contributed by atoms with Crippen LogP contribution < -0.4 is 15.4 Å². The molecule has 0 heterocycles. The molecular formula is C17H26F3IN4O2. The van der Waals surface area contributed by atoms with E-state index >= 15 is 0 Å². The predicted octanol–water partition coefficient (Wildman–Crippen LogP) is 2.78. The molecule has 27 heavy (non-hydrogen) atoms. The van der Waals surface area contributed by atoms with E-state index in [-0.39, 0.29) is 35.6 Å². The van der Waals surface area contributed by atoms with Gasteiger partial charge in [0.25, 0.3) is 0 Å². The molecule has 0 bridgehead atoms. The number of carbonyl (C=O) groups excluding carboxylic acids is 1. The van der Waals surface area contributed by atoms with E-state index in [9.17, 15) is 18.0 Å². The molecule has 2 N–H and O–H groups in total. The van der Waals surface area contributed by atoms with Crippen LogP contribution in [-0.2, 0) is 11.3 Å². The summed E-state index contributed by atoms with van der Waals surface area (Å²) in [5.74, 6) is 0.738. The van der Waals surface area contributed by atoms with Gasteiger partial charge >= 0.3 is 6.18 Å². The van der Waals surface area contributed by atoms with Gasteiger partial charge in [-0.05, 0) is 24.6 Å². The van der Waals surface area contributed by atoms with Crippen molar-refractivity contribution in [3.05, 3.63) is 29.8 Å². The number of guanidine groups is 1. The Morgan fingerprint density at radius 2 is 1.81 bits per heavy atom. The Bertz CT molecular complexity index is 593. The van der Waals surface area contributed by atoms with Crippen LogP contribution in [0, 0.1) is 0 Å². The summed E-state index contributed by atoms with van der Waals surface area (Å²) in [6.45, 7) is 2.07. The second-order valence-corrected chi connectivity index (χ2v) is 5.71. The van der Waals surface area contributed by atoms with E-state index < -0.39 is 12.8 Å². The molecule has 6 nitrogen and oxygen atoms in total. The Kier molecular flexibility index (Phi) is 11.8. The standard InChI is InChI=1S/C17H25F3N4O2.HI/c1-4-21-16(22-10-9-15(25)24(2)3)23-11-13-5-7-14(8-6-13)26-12-17(18,19)20;/h5-8H,4,9-12H2,1-3H3,(H2,21,22,23);1H. The number of nitrogens with zero attached hydrogens (tertiary/aromatic N) is 2. The summed E-state index contributed by atoms with van der Waals surface area (Å²) in [5.41, 5.74) is 0.825. The topological polar surface area (TPSA) is 66.0 Å². The van der Waals surface area contributed by atoms with Crippen molar-refractivity contribution in [2.45, 2.75) is 26.1 Å². The van der Waals surface area contributed by atoms with Gasteiger partial charge in [-0.2, -0.15) is 13.2 Å². The predicted molar refractivity (Wildman–Crippen MR) is 110 cm³/mol. The molecule has 0 atom stereocenters. The van der Waals surface area contributed by atoms with Gasteiger partial charge in [0.2, 0.25) is 5.91 Å². The highest BCUT2D eigenvalue weighted by molar-refractivity contribution is 14.0. The number of alkyl halides is 3. The third-order valence-electron chi connectivity index (χ3n) is 3.22. The van der Waals surface area contributed by atoms with E-state index in [1.165, 1.54) is 17.0 Å². The zero-order valence-electron chi connectivity index (χ0n) is 15.6. The van der Waals surface area contributed by atoms with Crippen molar-refractivity contribution in [2.24, 2.45) is 4.99 Å². The number of benzene rings is 1. The molecule has 0 radical (unpaired) electrons. The van der Waals surface area contributed by atoms with Crippen LogP contribution in [0.15, 0.2) is 29.3 Å². The zero-order chi connectivity index (χ0) is 19.6. The monoisotopic (exact) mass is 502 g/mol. The van der Waals surface area contributed by atoms with Crippen LogP contribution in [0.3, 0.4) is 0 Å². The second kappa shape index (κ2) is 12.6. The van der Waals surface area contributed by atoms with Crippen LogP contribution in [0.1, 0.15) is 18.9 Å². The normalized spacial score (nSPS) is 11.4. The lowest BCUT2D eigenvalue weighted by atomic mass is 10.2. The number of hydrogen-bond acceptors (Lipinski definition) is 3. The van der Waals surface area contributed by atoms with Crippen molar-refractivity contribution in [1.82, 2.24) is 15.5 Å². The van der Waals surface area contributed by atoms with Gasteiger partial charge in [0.1, 0.15) is 5.75 Å². The molecule has 154 valence electrons. The number of aliphatic imine (C=N–C) groups is 1. The van der Waals surface area contributed by atoms with E-state index in [2.05, 4.69) is 20.4 Å². The fourth-order valence-electron chi connectivity index (χ4n) is 1.88. The van der Waals surface area contributed by atoms with Gasteiger partial charge < -0.3 is 20.3 Å². The van der Waals surface area contributed by atoms with Gasteiger partial charge in [-0.15, -0.1) is 24.0 Å². The molecule has 0 saturated carbocycles. The van der Waals surface area contributed by atoms with Crippen molar-refractivity contribution in [3.63, 3.8) is 0 Å². The number of carbonyl (C=O) groups is 1. The van der Waals surface area contributed by atoms with E-state index in [1.807, 2.05) is 6.92 Å². The molecule has 0 aliphatic carbocycles. The van der Waals surface area contributed by atoms with Crippen LogP contribution in [0.4, 0.5) is 13.2 Å². The Hall–Kier alpha value is -1.72. The van der Waals surface area contributed by atoms with E-state index in [1.54, 1.807) is 26.2 Å². The lowest BCUT2D eigenvalue weighted by Crippen LogP contribution is -2.39. The van der Waals surface area contributed by atoms with Crippen LogP contribution in [0.2, 0.25) is 0 Å². The summed E-state index contributed by atoms with van der Waals surface area (Å²) in [5, 5.41) is 6.14. The maximum atomic E-state index is 12.1. The molecule has 1 aromatic carbocycles. The van der Waals surface area contributed by atoms with Crippen molar-refractivity contribution < 1.29 is 22.7 Å². The Balaban J connectivity index is 0.00000676. The minimum atomic E-state index is -4.36. The molecule has 0 aliphatic heterocycles. The second-order valence-electron chi connectivity index (χ2n) is 5.71. The maximum absolute atomic E-state index is 12.1. The molecule has 1 rings (SSSR count). The molecule has 10 heteroatoms. The van der Waals surface area contributed by atoms with Gasteiger partial charge in [0.15, 0.2) is 12.6 Å². The Morgan fingerprint density at radius 3 is 2.33 bits per heavy atom. The molecule has 0 unspecified atom stereocenters. The van der Waals surface area contributed by atoms with Crippen molar-refractivity contribution in [1.29, 1.82) is 0 Å². The SMILES string of the molecule is CCNC(=NCc1ccc(OCC(F)(F)F)cc1)NCCC(=O)N(C)C.I. The van der Waals surface area contributed by atoms with Gasteiger partial charge in [0.05, 0.1) is 6.54 Å². The fraction of sp³-hybridized carbons (Fsp3) is 0.529. The molecule has 1 amide bonds. The molecule has 0 spiro atoms. The first kappa shape index (κ1) is 25.3. The minimum Gasteiger partial charge on any atom is -0.484 e. The molecule has 1 aromatic rings. The highest BCUT2D eigenvalue weighted by Crippen LogP contribution is 2.19. The van der Waals surface area contributed by atoms with Crippen LogP contribution in [-0.4, -0.2) is 56.7 Å². The van der Waals surface area contributed by atoms with Crippen LogP contribution in [0.25, 0.3) is 0 Å². The highest BCUT2D eigenvalue weighted by atomic mass is 127. The van der Waals surface area contributed by atoms with Crippen molar-refractivity contribution in [2.75, 3.05) is 33.8 Å². The number of halogens is 4. The van der Waals surface area contributed by atoms with E-state index in [4.69, 9.17) is 0 Å². The number of ether oxygens (including phenoxy) is 1. The largest absolute Gasteiger partial charge is 0.484 e. The summed E-state index contributed by atoms with van der Waals surface area (Å²) in [6.07, 6.45) is -4.01. The van der Waals surface area contributed by atoms with Gasteiger partial charge in [-0.3, -0.25) is 4.79 Å². The van der Waals surface area contributed by atoms with E-state index in [0.29, 0.717) is 32.0 Å². The first-order valence-corrected chi connectivity index (χ1v) is 8.22. The number of hydrogen-bond donors (Lipinski definition) is 2. The molecule has 0 fully saturated rings. The van der Waals surface area contributed by atoms with Crippen molar-refractivity contribution in [3.8, 4) is 5.75 Å². The number of rotatable bonds is 8. The van der Waals surface area contributed by atoms with Crippen LogP contribution >= 0.6 is 24.0 Å². The van der Waals surface area contributed by atoms with Gasteiger partial charge in [-0.1, -0.05) is 12.1 Å². The third-order valence-corrected chi connectivity index (χ3v) is 3.22. The van der Waals surface area contributed by atoms with Gasteiger partial charge in [-0.25, -0.2) is 4.99 Å². The number of amides is 1. The quantitative estimate of drug-likeness (QED) is 0.326. The average molecular weight is 502 g/mol. The fourth-order valence-corrected chi connectivity index (χ4v) is 1.88. The van der Waals surface area contributed by atoms with E-state index in [0.717, 1.165) is 5.56 Å². The zero-order valence-corrected chi connectivity index (χ0v) is 17.9. The summed E-state index contributed by atoms with van der Waals surface area (Å²) >= 11 is 0. The summed E-state index contributed by atoms with van der Waals surface area (Å²) < 4.78 is 41.0. The Morgan fingerprint density at radius 1 is 1.19 bits per heavy atom. The Labute approximate surface area is 174 Å². The van der Waals surface area contributed by atoms with Gasteiger partial charge in [0, 0.05) is 33.6 Å². The smallest absolute Gasteiger partial charge is 0.422 e. The number of nitrogens with one attached hydrogen (secondary N) is 2.